The van der Waals surface area contributed by atoms with Crippen LogP contribution < -0.4 is 5.32 Å². The van der Waals surface area contributed by atoms with Crippen molar-refractivity contribution in [3.8, 4) is 0 Å². The molecule has 2 aliphatic rings. The molecule has 1 N–H and O–H groups in total. The maximum absolute atomic E-state index is 12.3. The number of esters is 1. The molecule has 0 aromatic heterocycles. The molecule has 1 spiro atoms. The van der Waals surface area contributed by atoms with Crippen LogP contribution in [-0.2, 0) is 14.3 Å². The minimum absolute atomic E-state index is 0.120. The van der Waals surface area contributed by atoms with Crippen molar-refractivity contribution in [2.45, 2.75) is 18.6 Å². The molecule has 118 valence electrons. The fourth-order valence-corrected chi connectivity index (χ4v) is 4.32. The van der Waals surface area contributed by atoms with E-state index in [2.05, 4.69) is 43.8 Å². The number of benzene rings is 1. The van der Waals surface area contributed by atoms with E-state index < -0.39 is 11.6 Å². The van der Waals surface area contributed by atoms with Gasteiger partial charge in [-0.05, 0) is 46.4 Å². The first-order valence-electron chi connectivity index (χ1n) is 6.96. The predicted octanol–water partition coefficient (Wildman–Crippen LogP) is 3.48. The number of hydrogen-bond acceptors (Lipinski definition) is 3. The second-order valence-electron chi connectivity index (χ2n) is 5.26. The second-order valence-corrected chi connectivity index (χ2v) is 7.20. The Labute approximate surface area is 155 Å². The normalized spacial score (nSPS) is 26.3. The van der Waals surface area contributed by atoms with Crippen molar-refractivity contribution in [2.75, 3.05) is 0 Å². The van der Waals surface area contributed by atoms with E-state index in [0.29, 0.717) is 3.58 Å². The highest BCUT2D eigenvalue weighted by molar-refractivity contribution is 14.1. The van der Waals surface area contributed by atoms with Gasteiger partial charge in [0.15, 0.2) is 0 Å². The van der Waals surface area contributed by atoms with E-state index in [4.69, 9.17) is 4.74 Å². The number of carbonyl (C=O) groups excluding carboxylic acids is 2. The Morgan fingerprint density at radius 3 is 2.65 bits per heavy atom. The van der Waals surface area contributed by atoms with Crippen LogP contribution in [-0.4, -0.2) is 23.5 Å². The summed E-state index contributed by atoms with van der Waals surface area (Å²) >= 11 is 5.63. The van der Waals surface area contributed by atoms with Crippen molar-refractivity contribution in [1.29, 1.82) is 0 Å². The Balaban J connectivity index is 2.07. The van der Waals surface area contributed by atoms with Gasteiger partial charge in [-0.1, -0.05) is 46.3 Å². The highest BCUT2D eigenvalue weighted by Crippen LogP contribution is 2.47. The van der Waals surface area contributed by atoms with Crippen molar-refractivity contribution in [3.05, 3.63) is 62.2 Å². The number of rotatable bonds is 2. The number of halogens is 2. The topological polar surface area (TPSA) is 55.4 Å². The molecule has 1 aromatic rings. The third kappa shape index (κ3) is 2.89. The minimum atomic E-state index is -0.758. The zero-order chi connectivity index (χ0) is 16.6. The van der Waals surface area contributed by atoms with E-state index in [1.54, 1.807) is 12.2 Å². The van der Waals surface area contributed by atoms with Crippen LogP contribution in [0, 0.1) is 0 Å². The van der Waals surface area contributed by atoms with Crippen LogP contribution in [0.5, 0.6) is 0 Å². The molecule has 1 aliphatic carbocycles. The summed E-state index contributed by atoms with van der Waals surface area (Å²) in [6.45, 7) is 1.37. The van der Waals surface area contributed by atoms with Crippen LogP contribution in [0.1, 0.15) is 12.5 Å². The monoisotopic (exact) mass is 485 g/mol. The zero-order valence-corrected chi connectivity index (χ0v) is 15.9. The molecule has 0 radical (unpaired) electrons. The molecule has 1 aromatic carbocycles. The van der Waals surface area contributed by atoms with Gasteiger partial charge in [0.05, 0.1) is 3.58 Å². The van der Waals surface area contributed by atoms with Crippen molar-refractivity contribution in [3.63, 3.8) is 0 Å². The number of amides is 1. The van der Waals surface area contributed by atoms with Crippen molar-refractivity contribution >= 4 is 56.0 Å². The summed E-state index contributed by atoms with van der Waals surface area (Å²) in [5.74, 6) is -0.471. The summed E-state index contributed by atoms with van der Waals surface area (Å²) in [5, 5.41) is 3.03. The molecular formula is C17H13BrINO3. The Kier molecular flexibility index (Phi) is 4.46. The maximum atomic E-state index is 12.3. The smallest absolute Gasteiger partial charge is 0.303 e. The largest absolute Gasteiger partial charge is 0.454 e. The molecule has 6 heteroatoms. The van der Waals surface area contributed by atoms with Crippen LogP contribution in [0.2, 0.25) is 0 Å². The molecule has 1 aliphatic heterocycles. The van der Waals surface area contributed by atoms with Crippen LogP contribution >= 0.6 is 38.5 Å². The molecule has 23 heavy (non-hydrogen) atoms. The van der Waals surface area contributed by atoms with Gasteiger partial charge in [-0.15, -0.1) is 0 Å². The van der Waals surface area contributed by atoms with E-state index in [0.717, 1.165) is 15.6 Å². The Bertz CT molecular complexity index is 769. The Morgan fingerprint density at radius 1 is 1.35 bits per heavy atom. The summed E-state index contributed by atoms with van der Waals surface area (Å²) in [6.07, 6.45) is 5.00. The average molecular weight is 486 g/mol. The van der Waals surface area contributed by atoms with Crippen molar-refractivity contribution in [2.24, 2.45) is 0 Å². The fraction of sp³-hybridized carbons (Fsp3) is 0.176. The molecule has 2 unspecified atom stereocenters. The van der Waals surface area contributed by atoms with Crippen molar-refractivity contribution < 1.29 is 14.3 Å². The minimum Gasteiger partial charge on any atom is -0.454 e. The van der Waals surface area contributed by atoms with Gasteiger partial charge in [0, 0.05) is 17.0 Å². The lowest BCUT2D eigenvalue weighted by Gasteiger charge is -2.33. The van der Waals surface area contributed by atoms with E-state index >= 15 is 0 Å². The summed E-state index contributed by atoms with van der Waals surface area (Å²) in [7, 11) is 0. The van der Waals surface area contributed by atoms with E-state index in [9.17, 15) is 9.59 Å². The van der Waals surface area contributed by atoms with Crippen LogP contribution in [0.25, 0.3) is 5.57 Å². The third-order valence-electron chi connectivity index (χ3n) is 3.71. The quantitative estimate of drug-likeness (QED) is 0.396. The molecule has 3 rings (SSSR count). The SMILES string of the molecule is CC(=O)OC1C=CC2(NC(=O)C(I)=C2c2ccccc2)C(Br)=C1. The van der Waals surface area contributed by atoms with Gasteiger partial charge in [-0.3, -0.25) is 9.59 Å². The molecule has 1 amide bonds. The number of hydrogen-bond donors (Lipinski definition) is 1. The third-order valence-corrected chi connectivity index (χ3v) is 5.63. The van der Waals surface area contributed by atoms with Gasteiger partial charge in [0.25, 0.3) is 5.91 Å². The lowest BCUT2D eigenvalue weighted by molar-refractivity contribution is -0.142. The van der Waals surface area contributed by atoms with Gasteiger partial charge in [0.2, 0.25) is 0 Å². The standard InChI is InChI=1S/C17H13BrINO3/c1-10(21)23-12-7-8-17(13(18)9-12)14(15(19)16(22)20-17)11-5-3-2-4-6-11/h2-9,12H,1H3,(H,20,22). The van der Waals surface area contributed by atoms with Gasteiger partial charge in [-0.2, -0.15) is 0 Å². The summed E-state index contributed by atoms with van der Waals surface area (Å²) in [4.78, 5) is 23.4. The van der Waals surface area contributed by atoms with Crippen molar-refractivity contribution in [1.82, 2.24) is 5.32 Å². The van der Waals surface area contributed by atoms with E-state index in [1.165, 1.54) is 6.92 Å². The first kappa shape index (κ1) is 16.4. The Hall–Kier alpha value is -1.41. The highest BCUT2D eigenvalue weighted by atomic mass is 127. The summed E-state index contributed by atoms with van der Waals surface area (Å²) in [5.41, 5.74) is 1.10. The molecule has 1 heterocycles. The average Bonchev–Trinajstić information content (AvgIpc) is 2.76. The molecule has 0 saturated heterocycles. The number of carbonyl (C=O) groups is 2. The molecule has 0 bridgehead atoms. The first-order chi connectivity index (χ1) is 10.9. The predicted molar refractivity (Wildman–Crippen MR) is 100.0 cm³/mol. The van der Waals surface area contributed by atoms with Crippen LogP contribution in [0.4, 0.5) is 0 Å². The lowest BCUT2D eigenvalue weighted by Crippen LogP contribution is -2.44. The number of ether oxygens (including phenoxy) is 1. The van der Waals surface area contributed by atoms with Crippen LogP contribution in [0.15, 0.2) is 56.6 Å². The van der Waals surface area contributed by atoms with Gasteiger partial charge < -0.3 is 10.1 Å². The van der Waals surface area contributed by atoms with Crippen LogP contribution in [0.3, 0.4) is 0 Å². The zero-order valence-electron chi connectivity index (χ0n) is 12.2. The number of nitrogens with one attached hydrogen (secondary N) is 1. The first-order valence-corrected chi connectivity index (χ1v) is 8.84. The maximum Gasteiger partial charge on any atom is 0.303 e. The van der Waals surface area contributed by atoms with E-state index in [-0.39, 0.29) is 11.9 Å². The van der Waals surface area contributed by atoms with Gasteiger partial charge >= 0.3 is 5.97 Å². The van der Waals surface area contributed by atoms with Gasteiger partial charge in [-0.25, -0.2) is 0 Å². The molecule has 0 saturated carbocycles. The highest BCUT2D eigenvalue weighted by Gasteiger charge is 2.46. The summed E-state index contributed by atoms with van der Waals surface area (Å²) in [6, 6.07) is 9.76. The Morgan fingerprint density at radius 2 is 2.04 bits per heavy atom. The molecule has 4 nitrogen and oxygen atoms in total. The molecule has 2 atom stereocenters. The van der Waals surface area contributed by atoms with E-state index in [1.807, 2.05) is 36.4 Å². The lowest BCUT2D eigenvalue weighted by atomic mass is 9.83. The molecular weight excluding hydrogens is 473 g/mol. The fourth-order valence-electron chi connectivity index (χ4n) is 2.76. The van der Waals surface area contributed by atoms with Gasteiger partial charge in [0.1, 0.15) is 11.6 Å². The molecule has 0 fully saturated rings. The second kappa shape index (κ2) is 6.24. The summed E-state index contributed by atoms with van der Waals surface area (Å²) < 4.78 is 6.59.